The Morgan fingerprint density at radius 2 is 1.82 bits per heavy atom. The van der Waals surface area contributed by atoms with Crippen LogP contribution in [0.2, 0.25) is 0 Å². The van der Waals surface area contributed by atoms with E-state index in [1.54, 1.807) is 0 Å². The van der Waals surface area contributed by atoms with Crippen molar-refractivity contribution in [1.82, 2.24) is 0 Å². The highest BCUT2D eigenvalue weighted by Crippen LogP contribution is 2.37. The van der Waals surface area contributed by atoms with Gasteiger partial charge >= 0.3 is 0 Å². The van der Waals surface area contributed by atoms with Gasteiger partial charge in [-0.05, 0) is 43.9 Å². The Hall–Kier alpha value is -0.0800. The molecule has 1 aliphatic carbocycles. The van der Waals surface area contributed by atoms with Crippen LogP contribution in [0.15, 0.2) is 0 Å². The van der Waals surface area contributed by atoms with Crippen molar-refractivity contribution in [2.24, 2.45) is 17.6 Å². The number of methoxy groups -OCH3 is 1. The van der Waals surface area contributed by atoms with Crippen molar-refractivity contribution in [3.63, 3.8) is 0 Å². The molecule has 1 unspecified atom stereocenters. The molecule has 102 valence electrons. The fraction of sp³-hybridized carbons (Fsp3) is 1.00. The van der Waals surface area contributed by atoms with Crippen LogP contribution in [0, 0.1) is 11.8 Å². The number of nitrogens with two attached hydrogens (primary N) is 1. The standard InChI is InChI=1S/C15H31NO/c1-12(2)6-5-7-14(16)15(17-4)10-8-13(3)9-11-15/h12-14H,5-11,16H2,1-4H3. The molecule has 1 fully saturated rings. The lowest BCUT2D eigenvalue weighted by molar-refractivity contribution is -0.0681. The van der Waals surface area contributed by atoms with Crippen LogP contribution in [0.3, 0.4) is 0 Å². The van der Waals surface area contributed by atoms with Gasteiger partial charge < -0.3 is 10.5 Å². The van der Waals surface area contributed by atoms with Crippen LogP contribution in [0.25, 0.3) is 0 Å². The minimum atomic E-state index is -0.0243. The first-order valence-corrected chi connectivity index (χ1v) is 7.31. The van der Waals surface area contributed by atoms with Crippen molar-refractivity contribution in [3.8, 4) is 0 Å². The van der Waals surface area contributed by atoms with E-state index < -0.39 is 0 Å². The first kappa shape index (κ1) is 15.0. The van der Waals surface area contributed by atoms with Crippen LogP contribution in [0.4, 0.5) is 0 Å². The minimum Gasteiger partial charge on any atom is -0.377 e. The van der Waals surface area contributed by atoms with E-state index in [1.165, 1.54) is 25.7 Å². The van der Waals surface area contributed by atoms with Gasteiger partial charge in [0.25, 0.3) is 0 Å². The highest BCUT2D eigenvalue weighted by atomic mass is 16.5. The van der Waals surface area contributed by atoms with Gasteiger partial charge in [0.15, 0.2) is 0 Å². The summed E-state index contributed by atoms with van der Waals surface area (Å²) in [6.07, 6.45) is 8.46. The minimum absolute atomic E-state index is 0.0243. The van der Waals surface area contributed by atoms with E-state index in [0.717, 1.165) is 31.1 Å². The molecule has 0 amide bonds. The maximum absolute atomic E-state index is 6.40. The molecule has 0 aromatic carbocycles. The molecule has 1 saturated carbocycles. The highest BCUT2D eigenvalue weighted by Gasteiger charge is 2.39. The molecule has 17 heavy (non-hydrogen) atoms. The second kappa shape index (κ2) is 6.75. The fourth-order valence-corrected chi connectivity index (χ4v) is 2.99. The predicted molar refractivity (Wildman–Crippen MR) is 74.0 cm³/mol. The number of ether oxygens (including phenoxy) is 1. The lowest BCUT2D eigenvalue weighted by Crippen LogP contribution is -2.51. The molecule has 0 aliphatic heterocycles. The maximum Gasteiger partial charge on any atom is 0.0829 e. The Morgan fingerprint density at radius 1 is 1.24 bits per heavy atom. The van der Waals surface area contributed by atoms with E-state index in [9.17, 15) is 0 Å². The van der Waals surface area contributed by atoms with Gasteiger partial charge in [-0.3, -0.25) is 0 Å². The monoisotopic (exact) mass is 241 g/mol. The fourth-order valence-electron chi connectivity index (χ4n) is 2.99. The van der Waals surface area contributed by atoms with Crippen LogP contribution in [0.5, 0.6) is 0 Å². The van der Waals surface area contributed by atoms with E-state index in [1.807, 2.05) is 7.11 Å². The van der Waals surface area contributed by atoms with Crippen LogP contribution in [-0.2, 0) is 4.74 Å². The summed E-state index contributed by atoms with van der Waals surface area (Å²) >= 11 is 0. The van der Waals surface area contributed by atoms with Crippen molar-refractivity contribution < 1.29 is 4.74 Å². The highest BCUT2D eigenvalue weighted by molar-refractivity contribution is 4.94. The first-order valence-electron chi connectivity index (χ1n) is 7.31. The van der Waals surface area contributed by atoms with Gasteiger partial charge in [0, 0.05) is 13.2 Å². The molecule has 0 heterocycles. The molecule has 2 heteroatoms. The number of rotatable bonds is 6. The van der Waals surface area contributed by atoms with Crippen LogP contribution in [-0.4, -0.2) is 18.8 Å². The van der Waals surface area contributed by atoms with Crippen LogP contribution in [0.1, 0.15) is 65.7 Å². The Balaban J connectivity index is 2.43. The smallest absolute Gasteiger partial charge is 0.0829 e. The van der Waals surface area contributed by atoms with Crippen LogP contribution >= 0.6 is 0 Å². The SMILES string of the molecule is COC1(C(N)CCCC(C)C)CCC(C)CC1. The van der Waals surface area contributed by atoms with Crippen molar-refractivity contribution >= 4 is 0 Å². The van der Waals surface area contributed by atoms with Gasteiger partial charge in [0.2, 0.25) is 0 Å². The molecular weight excluding hydrogens is 210 g/mol. The van der Waals surface area contributed by atoms with Gasteiger partial charge in [-0.25, -0.2) is 0 Å². The molecular formula is C15H31NO. The summed E-state index contributed by atoms with van der Waals surface area (Å²) in [6, 6.07) is 0.221. The third-order valence-electron chi connectivity index (χ3n) is 4.50. The molecule has 0 radical (unpaired) electrons. The van der Waals surface area contributed by atoms with Gasteiger partial charge in [0.05, 0.1) is 5.60 Å². The Morgan fingerprint density at radius 3 is 2.29 bits per heavy atom. The lowest BCUT2D eigenvalue weighted by atomic mass is 9.74. The van der Waals surface area contributed by atoms with Crippen molar-refractivity contribution in [2.45, 2.75) is 77.4 Å². The molecule has 0 aromatic heterocycles. The second-order valence-corrected chi connectivity index (χ2v) is 6.38. The molecule has 2 nitrogen and oxygen atoms in total. The van der Waals surface area contributed by atoms with Gasteiger partial charge in [-0.15, -0.1) is 0 Å². The third-order valence-corrected chi connectivity index (χ3v) is 4.50. The maximum atomic E-state index is 6.40. The summed E-state index contributed by atoms with van der Waals surface area (Å²) in [6.45, 7) is 6.89. The van der Waals surface area contributed by atoms with E-state index in [0.29, 0.717) is 0 Å². The molecule has 2 N–H and O–H groups in total. The average Bonchev–Trinajstić information content (AvgIpc) is 2.30. The summed E-state index contributed by atoms with van der Waals surface area (Å²) in [5.41, 5.74) is 6.38. The van der Waals surface area contributed by atoms with E-state index in [4.69, 9.17) is 10.5 Å². The number of hydrogen-bond acceptors (Lipinski definition) is 2. The first-order chi connectivity index (χ1) is 8.00. The molecule has 0 bridgehead atoms. The van der Waals surface area contributed by atoms with E-state index >= 15 is 0 Å². The van der Waals surface area contributed by atoms with Crippen molar-refractivity contribution in [2.75, 3.05) is 7.11 Å². The quantitative estimate of drug-likeness (QED) is 0.769. The average molecular weight is 241 g/mol. The summed E-state index contributed by atoms with van der Waals surface area (Å²) < 4.78 is 5.82. The largest absolute Gasteiger partial charge is 0.377 e. The molecule has 0 aromatic rings. The topological polar surface area (TPSA) is 35.2 Å². The molecule has 0 saturated heterocycles. The number of hydrogen-bond donors (Lipinski definition) is 1. The lowest BCUT2D eigenvalue weighted by Gasteiger charge is -2.42. The Labute approximate surface area is 107 Å². The van der Waals surface area contributed by atoms with Crippen molar-refractivity contribution in [1.29, 1.82) is 0 Å². The second-order valence-electron chi connectivity index (χ2n) is 6.38. The summed E-state index contributed by atoms with van der Waals surface area (Å²) in [4.78, 5) is 0. The Bertz CT molecular complexity index is 207. The van der Waals surface area contributed by atoms with Gasteiger partial charge in [-0.2, -0.15) is 0 Å². The third kappa shape index (κ3) is 4.26. The van der Waals surface area contributed by atoms with Crippen LogP contribution < -0.4 is 5.73 Å². The summed E-state index contributed by atoms with van der Waals surface area (Å²) in [5.74, 6) is 1.63. The zero-order valence-corrected chi connectivity index (χ0v) is 12.2. The van der Waals surface area contributed by atoms with Crippen molar-refractivity contribution in [3.05, 3.63) is 0 Å². The summed E-state index contributed by atoms with van der Waals surface area (Å²) in [5, 5.41) is 0. The van der Waals surface area contributed by atoms with E-state index in [2.05, 4.69) is 20.8 Å². The Kier molecular flexibility index (Phi) is 5.94. The molecule has 1 atom stereocenters. The van der Waals surface area contributed by atoms with E-state index in [-0.39, 0.29) is 11.6 Å². The van der Waals surface area contributed by atoms with Gasteiger partial charge in [-0.1, -0.05) is 33.6 Å². The normalized spacial score (nSPS) is 31.8. The zero-order chi connectivity index (χ0) is 12.9. The molecule has 1 aliphatic rings. The predicted octanol–water partition coefficient (Wildman–Crippen LogP) is 3.74. The van der Waals surface area contributed by atoms with Gasteiger partial charge in [0.1, 0.15) is 0 Å². The molecule has 0 spiro atoms. The summed E-state index contributed by atoms with van der Waals surface area (Å²) in [7, 11) is 1.85. The zero-order valence-electron chi connectivity index (χ0n) is 12.2. The molecule has 1 rings (SSSR count).